The molecular formula is C53H63FN10O8S. The standard InChI is InChI=1S/C53H63FN10O8S/c1-26(2)44(60-52(67)69-7)49(65)62-15-9-11-38(62)47-56-24-36(59-47)31-20-34(54)43-40-21-32-19-30(13-14-37(32)64(40)51(72-41(43)22-31)42-25-57-48(73-42)27(3)4)35-23-55-46(58-35)39-12-10-16-63(39)50(66)45(61-53(68)70-8)33-17-28(5)71-29(6)18-33/h13-14,19-29,33,38-39,44-45,51H,9-12,15-18H2,1-8H3,(H,55,58)(H,56,59)(H,60,67)(H,61,68)/t28-,29+,33?,38-,39-,44-,45-,51?/m0/s1. The third-order valence-electron chi connectivity index (χ3n) is 14.7. The topological polar surface area (TPSA) is 211 Å². The predicted molar refractivity (Wildman–Crippen MR) is 271 cm³/mol. The molecule has 20 heteroatoms. The van der Waals surface area contributed by atoms with Crippen molar-refractivity contribution < 1.29 is 42.5 Å². The highest BCUT2D eigenvalue weighted by Gasteiger charge is 2.43. The quantitative estimate of drug-likeness (QED) is 0.0907. The number of carbonyl (C=O) groups excluding carboxylic acids is 4. The van der Waals surface area contributed by atoms with E-state index < -0.39 is 36.3 Å². The molecule has 4 aliphatic rings. The number of H-pyrrole nitrogens is 2. The number of rotatable bonds is 12. The van der Waals surface area contributed by atoms with E-state index in [1.54, 1.807) is 28.6 Å². The molecule has 4 aromatic heterocycles. The zero-order chi connectivity index (χ0) is 51.4. The Morgan fingerprint density at radius 1 is 0.795 bits per heavy atom. The molecule has 0 saturated carbocycles. The van der Waals surface area contributed by atoms with Crippen LogP contribution in [0.1, 0.15) is 126 Å². The minimum atomic E-state index is -0.779. The average Bonchev–Trinajstić information content (AvgIpc) is 4.23. The fourth-order valence-corrected chi connectivity index (χ4v) is 12.2. The zero-order valence-electron chi connectivity index (χ0n) is 42.4. The van der Waals surface area contributed by atoms with Gasteiger partial charge in [-0.3, -0.25) is 14.2 Å². The molecule has 386 valence electrons. The lowest BCUT2D eigenvalue weighted by atomic mass is 9.85. The van der Waals surface area contributed by atoms with Gasteiger partial charge in [-0.15, -0.1) is 11.3 Å². The number of aromatic nitrogens is 6. The first-order valence-electron chi connectivity index (χ1n) is 25.3. The second-order valence-electron chi connectivity index (χ2n) is 20.4. The number of aromatic amines is 2. The first-order chi connectivity index (χ1) is 35.1. The Morgan fingerprint density at radius 2 is 1.42 bits per heavy atom. The van der Waals surface area contributed by atoms with Crippen LogP contribution in [0.4, 0.5) is 14.0 Å². The summed E-state index contributed by atoms with van der Waals surface area (Å²) in [5.74, 6) is 0.589. The van der Waals surface area contributed by atoms with Crippen LogP contribution in [0.15, 0.2) is 55.0 Å². The van der Waals surface area contributed by atoms with Crippen LogP contribution in [-0.2, 0) is 23.8 Å². The molecule has 10 rings (SSSR count). The number of fused-ring (bicyclic) bond motifs is 5. The Kier molecular flexibility index (Phi) is 13.8. The van der Waals surface area contributed by atoms with Crippen molar-refractivity contribution in [3.8, 4) is 39.5 Å². The van der Waals surface area contributed by atoms with Crippen molar-refractivity contribution in [1.29, 1.82) is 0 Å². The number of ether oxygens (including phenoxy) is 4. The van der Waals surface area contributed by atoms with Crippen molar-refractivity contribution in [1.82, 2.24) is 49.9 Å². The SMILES string of the molecule is COC(=O)N[C@H](C(=O)N1CCC[C@H]1c1ncc(-c2cc(F)c3c(c2)OC(c2cnc(C(C)C)s2)n2c-3cc3cc(-c4cnc([C@@H]5CCCN5C(=O)[C@@H](NC(=O)OC)C5C[C@@H](C)O[C@@H](C)C5)[nH]4)ccc32)[nH]1)C(C)C. The van der Waals surface area contributed by atoms with Gasteiger partial charge in [0.2, 0.25) is 18.0 Å². The van der Waals surface area contributed by atoms with E-state index in [0.717, 1.165) is 44.9 Å². The maximum absolute atomic E-state index is 17.0. The summed E-state index contributed by atoms with van der Waals surface area (Å²) in [5.41, 5.74) is 4.48. The Labute approximate surface area is 426 Å². The van der Waals surface area contributed by atoms with Gasteiger partial charge in [-0.1, -0.05) is 33.8 Å². The molecule has 73 heavy (non-hydrogen) atoms. The normalized spacial score (nSPS) is 22.5. The van der Waals surface area contributed by atoms with Crippen LogP contribution in [0.3, 0.4) is 0 Å². The summed E-state index contributed by atoms with van der Waals surface area (Å²) in [6.07, 6.45) is 7.34. The minimum Gasteiger partial charge on any atom is -0.464 e. The molecule has 4 N–H and O–H groups in total. The number of nitrogens with one attached hydrogen (secondary N) is 4. The molecule has 6 aromatic rings. The lowest BCUT2D eigenvalue weighted by Crippen LogP contribution is -2.54. The Morgan fingerprint density at radius 3 is 2.04 bits per heavy atom. The van der Waals surface area contributed by atoms with Crippen molar-refractivity contribution in [3.05, 3.63) is 82.3 Å². The number of alkyl carbamates (subject to hydrolysis) is 2. The predicted octanol–water partition coefficient (Wildman–Crippen LogP) is 9.38. The van der Waals surface area contributed by atoms with E-state index in [-0.39, 0.29) is 53.9 Å². The van der Waals surface area contributed by atoms with Crippen LogP contribution in [0.5, 0.6) is 5.75 Å². The van der Waals surface area contributed by atoms with Crippen molar-refractivity contribution in [3.63, 3.8) is 0 Å². The zero-order valence-corrected chi connectivity index (χ0v) is 43.2. The van der Waals surface area contributed by atoms with E-state index >= 15 is 4.39 Å². The third kappa shape index (κ3) is 9.54. The fraction of sp³-hybridized carbons (Fsp3) is 0.491. The first kappa shape index (κ1) is 49.8. The molecule has 8 heterocycles. The van der Waals surface area contributed by atoms with Crippen molar-refractivity contribution in [2.75, 3.05) is 27.3 Å². The molecule has 2 unspecified atom stereocenters. The largest absolute Gasteiger partial charge is 0.464 e. The van der Waals surface area contributed by atoms with Crippen LogP contribution >= 0.6 is 11.3 Å². The smallest absolute Gasteiger partial charge is 0.407 e. The number of carbonyl (C=O) groups is 4. The molecule has 4 amide bonds. The Balaban J connectivity index is 0.953. The van der Waals surface area contributed by atoms with Gasteiger partial charge in [0, 0.05) is 41.7 Å². The molecular weight excluding hydrogens is 956 g/mol. The van der Waals surface area contributed by atoms with Crippen molar-refractivity contribution >= 4 is 46.2 Å². The van der Waals surface area contributed by atoms with E-state index in [1.165, 1.54) is 20.3 Å². The molecule has 0 radical (unpaired) electrons. The van der Waals surface area contributed by atoms with Gasteiger partial charge in [-0.05, 0) is 94.5 Å². The average molecular weight is 1020 g/mol. The number of halogens is 1. The van der Waals surface area contributed by atoms with Gasteiger partial charge >= 0.3 is 12.2 Å². The number of benzene rings is 2. The molecule has 0 spiro atoms. The lowest BCUT2D eigenvalue weighted by molar-refractivity contribution is -0.138. The van der Waals surface area contributed by atoms with Gasteiger partial charge in [0.25, 0.3) is 0 Å². The van der Waals surface area contributed by atoms with Crippen LogP contribution in [0.25, 0.3) is 44.7 Å². The van der Waals surface area contributed by atoms with Gasteiger partial charge in [0.1, 0.15) is 35.3 Å². The molecule has 3 fully saturated rings. The first-order valence-corrected chi connectivity index (χ1v) is 26.1. The number of likely N-dealkylation sites (tertiary alicyclic amines) is 2. The van der Waals surface area contributed by atoms with Crippen LogP contribution in [0, 0.1) is 17.7 Å². The monoisotopic (exact) mass is 1020 g/mol. The summed E-state index contributed by atoms with van der Waals surface area (Å²) in [5, 5.41) is 7.35. The van der Waals surface area contributed by atoms with E-state index in [2.05, 4.69) is 34.4 Å². The fourth-order valence-electron chi connectivity index (χ4n) is 11.3. The van der Waals surface area contributed by atoms with Crippen molar-refractivity contribution in [2.24, 2.45) is 11.8 Å². The van der Waals surface area contributed by atoms with Gasteiger partial charge in [0.05, 0.1) is 89.0 Å². The summed E-state index contributed by atoms with van der Waals surface area (Å²) in [6.45, 7) is 12.9. The molecule has 4 aliphatic heterocycles. The molecule has 3 saturated heterocycles. The third-order valence-corrected chi connectivity index (χ3v) is 16.1. The van der Waals surface area contributed by atoms with Gasteiger partial charge in [0.15, 0.2) is 0 Å². The number of hydrogen-bond donors (Lipinski definition) is 4. The van der Waals surface area contributed by atoms with Crippen molar-refractivity contribution in [2.45, 2.75) is 129 Å². The number of nitrogens with zero attached hydrogens (tertiary/aromatic N) is 6. The number of amides is 4. The summed E-state index contributed by atoms with van der Waals surface area (Å²) in [4.78, 5) is 78.6. The minimum absolute atomic E-state index is 0.0543. The van der Waals surface area contributed by atoms with Gasteiger partial charge in [-0.25, -0.2) is 28.9 Å². The molecule has 0 bridgehead atoms. The Hall–Kier alpha value is -6.80. The number of thiazole rings is 1. The highest BCUT2D eigenvalue weighted by Crippen LogP contribution is 2.48. The summed E-state index contributed by atoms with van der Waals surface area (Å²) in [6, 6.07) is 9.10. The number of methoxy groups -OCH3 is 2. The van der Waals surface area contributed by atoms with Gasteiger partial charge < -0.3 is 49.3 Å². The highest BCUT2D eigenvalue weighted by molar-refractivity contribution is 7.11. The number of hydrogen-bond acceptors (Lipinski definition) is 12. The molecule has 2 aromatic carbocycles. The molecule has 18 nitrogen and oxygen atoms in total. The second-order valence-corrected chi connectivity index (χ2v) is 21.5. The van der Waals surface area contributed by atoms with Crippen LogP contribution < -0.4 is 15.4 Å². The second kappa shape index (κ2) is 20.2. The van der Waals surface area contributed by atoms with E-state index in [9.17, 15) is 19.2 Å². The van der Waals surface area contributed by atoms with E-state index in [1.807, 2.05) is 73.7 Å². The Bertz CT molecular complexity index is 3040. The summed E-state index contributed by atoms with van der Waals surface area (Å²) >= 11 is 1.56. The van der Waals surface area contributed by atoms with Crippen LogP contribution in [0.2, 0.25) is 0 Å². The van der Waals surface area contributed by atoms with E-state index in [0.29, 0.717) is 78.7 Å². The summed E-state index contributed by atoms with van der Waals surface area (Å²) < 4.78 is 41.6. The van der Waals surface area contributed by atoms with Gasteiger partial charge in [-0.2, -0.15) is 0 Å². The number of imidazole rings is 2. The van der Waals surface area contributed by atoms with Crippen LogP contribution in [-0.4, -0.2) is 115 Å². The maximum Gasteiger partial charge on any atom is 0.407 e. The molecule has 8 atom stereocenters. The molecule has 0 aliphatic carbocycles. The van der Waals surface area contributed by atoms with E-state index in [4.69, 9.17) is 33.9 Å². The summed E-state index contributed by atoms with van der Waals surface area (Å²) in [7, 11) is 2.57. The maximum atomic E-state index is 17.0. The lowest BCUT2D eigenvalue weighted by Gasteiger charge is -2.38. The highest BCUT2D eigenvalue weighted by atomic mass is 32.1.